The van der Waals surface area contributed by atoms with Crippen molar-refractivity contribution in [2.24, 2.45) is 23.3 Å². The van der Waals surface area contributed by atoms with E-state index in [2.05, 4.69) is 10.6 Å². The fourth-order valence-electron chi connectivity index (χ4n) is 5.06. The Labute approximate surface area is 287 Å². The fourth-order valence-corrected chi connectivity index (χ4v) is 5.19. The number of unbranched alkanes of at least 4 members (excludes halogenated alkanes) is 1. The van der Waals surface area contributed by atoms with E-state index in [1.54, 1.807) is 36.4 Å². The number of aliphatic hydroxyl groups is 1. The van der Waals surface area contributed by atoms with E-state index in [1.165, 1.54) is 20.8 Å². The van der Waals surface area contributed by atoms with Gasteiger partial charge in [-0.15, -0.1) is 0 Å². The Kier molecular flexibility index (Phi) is 17.1. The van der Waals surface area contributed by atoms with Gasteiger partial charge in [-0.1, -0.05) is 61.8 Å². The van der Waals surface area contributed by atoms with Crippen LogP contribution in [0.3, 0.4) is 0 Å². The van der Waals surface area contributed by atoms with Crippen LogP contribution in [0.25, 0.3) is 11.1 Å². The van der Waals surface area contributed by atoms with Gasteiger partial charge in [0.1, 0.15) is 6.04 Å². The average molecular weight is 687 g/mol. The second-order valence-corrected chi connectivity index (χ2v) is 12.8. The normalized spacial score (nSPS) is 14.9. The lowest BCUT2D eigenvalue weighted by Crippen LogP contribution is -2.51. The Morgan fingerprint density at radius 3 is 1.90 bits per heavy atom. The maximum Gasteiger partial charge on any atom is 0.454 e. The van der Waals surface area contributed by atoms with E-state index >= 15 is 0 Å². The summed E-state index contributed by atoms with van der Waals surface area (Å²) in [5, 5.41) is 34.9. The highest BCUT2D eigenvalue weighted by Gasteiger charge is 2.33. The molecule has 12 nitrogen and oxygen atoms in total. The van der Waals surface area contributed by atoms with Crippen LogP contribution in [0.1, 0.15) is 69.7 Å². The lowest BCUT2D eigenvalue weighted by atomic mass is 9.71. The zero-order valence-corrected chi connectivity index (χ0v) is 28.5. The molecule has 6 atom stereocenters. The number of hydrogen-bond acceptors (Lipinski definition) is 10. The van der Waals surface area contributed by atoms with Crippen molar-refractivity contribution in [2.75, 3.05) is 13.1 Å². The molecule has 9 N–H and O–H groups in total. The molecule has 0 saturated carbocycles. The van der Waals surface area contributed by atoms with Crippen LogP contribution in [-0.4, -0.2) is 82.7 Å². The Bertz CT molecular complexity index is 1370. The molecule has 262 valence electrons. The largest absolute Gasteiger partial charge is 0.454 e. The fraction of sp³-hybridized carbons (Fsp3) is 0.500. The van der Waals surface area contributed by atoms with Crippen molar-refractivity contribution in [1.29, 1.82) is 0 Å². The van der Waals surface area contributed by atoms with E-state index in [9.17, 15) is 39.1 Å². The molecule has 0 fully saturated rings. The molecule has 0 aliphatic heterocycles. The van der Waals surface area contributed by atoms with Crippen LogP contribution in [0.5, 0.6) is 0 Å². The summed E-state index contributed by atoms with van der Waals surface area (Å²) in [5.74, 6) is -5.26. The number of amides is 2. The summed E-state index contributed by atoms with van der Waals surface area (Å²) in [6.45, 7) is 4.51. The first kappa shape index (κ1) is 40.7. The van der Waals surface area contributed by atoms with Crippen LogP contribution in [0.4, 0.5) is 0 Å². The lowest BCUT2D eigenvalue weighted by Gasteiger charge is -2.25. The molecule has 0 spiro atoms. The van der Waals surface area contributed by atoms with Crippen LogP contribution in [0.15, 0.2) is 48.5 Å². The molecule has 2 aromatic rings. The minimum Gasteiger partial charge on any atom is -0.427 e. The highest BCUT2D eigenvalue weighted by Crippen LogP contribution is 2.23. The first-order valence-electron chi connectivity index (χ1n) is 16.2. The van der Waals surface area contributed by atoms with Gasteiger partial charge in [0.25, 0.3) is 0 Å². The third-order valence-electron chi connectivity index (χ3n) is 8.24. The zero-order chi connectivity index (χ0) is 36.0. The lowest BCUT2D eigenvalue weighted by molar-refractivity contribution is -0.135. The molecule has 0 bridgehead atoms. The smallest absolute Gasteiger partial charge is 0.427 e. The maximum atomic E-state index is 13.2. The van der Waals surface area contributed by atoms with E-state index in [0.29, 0.717) is 30.0 Å². The number of halogens is 1. The van der Waals surface area contributed by atoms with E-state index < -0.39 is 60.6 Å². The molecule has 0 saturated heterocycles. The van der Waals surface area contributed by atoms with Crippen molar-refractivity contribution >= 4 is 47.9 Å². The Morgan fingerprint density at radius 2 is 1.38 bits per heavy atom. The Hall–Kier alpha value is -3.46. The van der Waals surface area contributed by atoms with Gasteiger partial charge in [-0.2, -0.15) is 0 Å². The average Bonchev–Trinajstić information content (AvgIpc) is 3.05. The van der Waals surface area contributed by atoms with Crippen LogP contribution >= 0.6 is 11.6 Å². The SMILES string of the molecule is CC(O)[C@H](NC(=O)[C@H](CN)CC(=O)c1ccc(-c2ccc(Cl)cc2)cc1)C(=O)C[C@@H](C)C(=O)N[C@@H](CCCCN)C(=O)C[C@@H](C)B(O)O. The number of Topliss-reactive ketones (excluding diaryl/α,β-unsaturated/α-hetero) is 3. The number of hydrogen-bond donors (Lipinski definition) is 7. The molecule has 0 heterocycles. The highest BCUT2D eigenvalue weighted by molar-refractivity contribution is 6.43. The first-order valence-corrected chi connectivity index (χ1v) is 16.6. The summed E-state index contributed by atoms with van der Waals surface area (Å²) < 4.78 is 0. The van der Waals surface area contributed by atoms with Gasteiger partial charge in [-0.05, 0) is 61.8 Å². The summed E-state index contributed by atoms with van der Waals surface area (Å²) >= 11 is 5.96. The zero-order valence-electron chi connectivity index (χ0n) is 27.7. The number of nitrogens with one attached hydrogen (secondary N) is 2. The van der Waals surface area contributed by atoms with E-state index in [-0.39, 0.29) is 43.8 Å². The minimum atomic E-state index is -1.69. The standard InChI is InChI=1S/C34H48BClN4O8/c1-20(33(45)39-28(6-4-5-15-37)30(43)17-21(2)35(47)48)16-31(44)32(22(3)41)40-34(46)26(19-38)18-29(42)25-9-7-23(8-10-25)24-11-13-27(36)14-12-24/h7-14,20-22,26,28,32,41,47-48H,4-6,15-19,37-38H2,1-3H3,(H,39,45)(H,40,46)/t20-,21-,22?,26+,28+,32+/m1/s1. The third-order valence-corrected chi connectivity index (χ3v) is 8.49. The second kappa shape index (κ2) is 20.1. The molecule has 0 radical (unpaired) electrons. The molecular formula is C34H48BClN4O8. The summed E-state index contributed by atoms with van der Waals surface area (Å²) in [6, 6.07) is 11.8. The van der Waals surface area contributed by atoms with Gasteiger partial charge in [0.2, 0.25) is 11.8 Å². The van der Waals surface area contributed by atoms with Crippen molar-refractivity contribution in [3.63, 3.8) is 0 Å². The van der Waals surface area contributed by atoms with Crippen LogP contribution in [0, 0.1) is 11.8 Å². The molecule has 0 aromatic heterocycles. The molecule has 2 rings (SSSR count). The molecule has 0 aliphatic rings. The van der Waals surface area contributed by atoms with E-state index in [4.69, 9.17) is 23.1 Å². The van der Waals surface area contributed by atoms with Crippen molar-refractivity contribution < 1.29 is 39.1 Å². The van der Waals surface area contributed by atoms with Crippen LogP contribution < -0.4 is 22.1 Å². The van der Waals surface area contributed by atoms with Crippen LogP contribution in [0.2, 0.25) is 10.8 Å². The van der Waals surface area contributed by atoms with Crippen molar-refractivity contribution in [1.82, 2.24) is 10.6 Å². The topological polar surface area (TPSA) is 222 Å². The van der Waals surface area contributed by atoms with E-state index in [1.807, 2.05) is 12.1 Å². The molecule has 2 aromatic carbocycles. The van der Waals surface area contributed by atoms with Gasteiger partial charge < -0.3 is 37.3 Å². The van der Waals surface area contributed by atoms with Gasteiger partial charge in [0.15, 0.2) is 17.3 Å². The van der Waals surface area contributed by atoms with Gasteiger partial charge in [0.05, 0.1) is 18.1 Å². The number of aliphatic hydroxyl groups excluding tert-OH is 1. The molecule has 1 unspecified atom stereocenters. The molecule has 14 heteroatoms. The number of nitrogens with two attached hydrogens (primary N) is 2. The number of carbonyl (C=O) groups is 5. The van der Waals surface area contributed by atoms with Gasteiger partial charge in [-0.25, -0.2) is 0 Å². The summed E-state index contributed by atoms with van der Waals surface area (Å²) in [5.41, 5.74) is 13.6. The number of benzene rings is 2. The minimum absolute atomic E-state index is 0.172. The maximum absolute atomic E-state index is 13.2. The van der Waals surface area contributed by atoms with Gasteiger partial charge in [0, 0.05) is 42.3 Å². The quantitative estimate of drug-likeness (QED) is 0.0575. The highest BCUT2D eigenvalue weighted by atomic mass is 35.5. The predicted octanol–water partition coefficient (Wildman–Crippen LogP) is 2.05. The molecular weight excluding hydrogens is 639 g/mol. The van der Waals surface area contributed by atoms with Crippen molar-refractivity contribution in [3.8, 4) is 11.1 Å². The van der Waals surface area contributed by atoms with E-state index in [0.717, 1.165) is 11.1 Å². The van der Waals surface area contributed by atoms with Crippen molar-refractivity contribution in [2.45, 2.75) is 83.3 Å². The molecule has 2 amide bonds. The summed E-state index contributed by atoms with van der Waals surface area (Å²) in [7, 11) is -1.69. The Morgan fingerprint density at radius 1 is 0.792 bits per heavy atom. The number of rotatable bonds is 21. The van der Waals surface area contributed by atoms with Crippen LogP contribution in [-0.2, 0) is 19.2 Å². The summed E-state index contributed by atoms with van der Waals surface area (Å²) in [6.07, 6.45) is -0.622. The predicted molar refractivity (Wildman–Crippen MR) is 185 cm³/mol. The van der Waals surface area contributed by atoms with Gasteiger partial charge in [-0.3, -0.25) is 24.0 Å². The summed E-state index contributed by atoms with van der Waals surface area (Å²) in [4.78, 5) is 65.3. The third kappa shape index (κ3) is 12.9. The monoisotopic (exact) mass is 686 g/mol. The number of carbonyl (C=O) groups excluding carboxylic acids is 5. The molecule has 48 heavy (non-hydrogen) atoms. The van der Waals surface area contributed by atoms with Crippen molar-refractivity contribution in [3.05, 3.63) is 59.1 Å². The second-order valence-electron chi connectivity index (χ2n) is 12.3. The first-order chi connectivity index (χ1) is 22.7. The molecule has 0 aliphatic carbocycles. The Balaban J connectivity index is 2.03. The van der Waals surface area contributed by atoms with Gasteiger partial charge >= 0.3 is 7.12 Å². The number of ketones is 3.